The fourth-order valence-electron chi connectivity index (χ4n) is 2.28. The first-order valence-corrected chi connectivity index (χ1v) is 8.20. The number of aryl methyl sites for hydroxylation is 2. The van der Waals surface area contributed by atoms with Gasteiger partial charge in [0.1, 0.15) is 5.41 Å². The van der Waals surface area contributed by atoms with Gasteiger partial charge in [-0.05, 0) is 52.0 Å². The zero-order valence-electron chi connectivity index (χ0n) is 15.1. The number of nitrogens with zero attached hydrogens (tertiary/aromatic N) is 2. The minimum Gasteiger partial charge on any atom is -0.350 e. The molecule has 2 aromatic rings. The second-order valence-electron chi connectivity index (χ2n) is 6.53. The Kier molecular flexibility index (Phi) is 5.85. The van der Waals surface area contributed by atoms with Crippen LogP contribution in [0.1, 0.15) is 36.6 Å². The van der Waals surface area contributed by atoms with Crippen molar-refractivity contribution in [2.75, 3.05) is 0 Å². The van der Waals surface area contributed by atoms with Gasteiger partial charge in [-0.2, -0.15) is 0 Å². The van der Waals surface area contributed by atoms with Crippen molar-refractivity contribution in [1.82, 2.24) is 20.6 Å². The zero-order chi connectivity index (χ0) is 18.4. The number of aromatic nitrogens is 2. The molecule has 0 aliphatic rings. The van der Waals surface area contributed by atoms with Crippen LogP contribution in [-0.4, -0.2) is 21.8 Å². The maximum absolute atomic E-state index is 12.4. The standard InChI is InChI=1S/C19H24N4O2/c1-13-7-5-9-15(22-13)11-20-17(24)19(3,4)18(25)21-12-16-10-6-8-14(2)23-16/h5-10H,11-12H2,1-4H3,(H,20,24)(H,21,25). The number of pyridine rings is 2. The van der Waals surface area contributed by atoms with Gasteiger partial charge in [-0.25, -0.2) is 0 Å². The molecule has 2 heterocycles. The SMILES string of the molecule is Cc1cccc(CNC(=O)C(C)(C)C(=O)NCc2cccc(C)n2)n1. The predicted octanol–water partition coefficient (Wildman–Crippen LogP) is 2.05. The number of hydrogen-bond donors (Lipinski definition) is 2. The maximum atomic E-state index is 12.4. The summed E-state index contributed by atoms with van der Waals surface area (Å²) in [4.78, 5) is 33.5. The third-order valence-corrected chi connectivity index (χ3v) is 3.89. The number of carbonyl (C=O) groups excluding carboxylic acids is 2. The van der Waals surface area contributed by atoms with E-state index in [-0.39, 0.29) is 24.9 Å². The summed E-state index contributed by atoms with van der Waals surface area (Å²) < 4.78 is 0. The van der Waals surface area contributed by atoms with Gasteiger partial charge in [-0.3, -0.25) is 19.6 Å². The van der Waals surface area contributed by atoms with Gasteiger partial charge in [-0.15, -0.1) is 0 Å². The molecule has 2 aromatic heterocycles. The van der Waals surface area contributed by atoms with Crippen LogP contribution in [0, 0.1) is 19.3 Å². The quantitative estimate of drug-likeness (QED) is 0.788. The normalized spacial score (nSPS) is 11.0. The lowest BCUT2D eigenvalue weighted by atomic mass is 9.91. The molecule has 6 heteroatoms. The molecule has 0 aliphatic heterocycles. The van der Waals surface area contributed by atoms with E-state index >= 15 is 0 Å². The number of amides is 2. The Bertz CT molecular complexity index is 708. The summed E-state index contributed by atoms with van der Waals surface area (Å²) in [6.45, 7) is 7.56. The van der Waals surface area contributed by atoms with Crippen LogP contribution in [0.2, 0.25) is 0 Å². The van der Waals surface area contributed by atoms with Gasteiger partial charge in [0.15, 0.2) is 0 Å². The van der Waals surface area contributed by atoms with E-state index in [1.54, 1.807) is 13.8 Å². The van der Waals surface area contributed by atoms with Gasteiger partial charge in [0.05, 0.1) is 24.5 Å². The molecule has 25 heavy (non-hydrogen) atoms. The average molecular weight is 340 g/mol. The van der Waals surface area contributed by atoms with Gasteiger partial charge in [0.25, 0.3) is 0 Å². The highest BCUT2D eigenvalue weighted by molar-refractivity contribution is 6.04. The Hall–Kier alpha value is -2.76. The molecule has 0 saturated carbocycles. The van der Waals surface area contributed by atoms with E-state index in [2.05, 4.69) is 20.6 Å². The lowest BCUT2D eigenvalue weighted by Gasteiger charge is -2.22. The average Bonchev–Trinajstić information content (AvgIpc) is 2.57. The fraction of sp³-hybridized carbons (Fsp3) is 0.368. The molecule has 0 aromatic carbocycles. The Morgan fingerprint density at radius 3 is 1.60 bits per heavy atom. The molecule has 0 fully saturated rings. The fourth-order valence-corrected chi connectivity index (χ4v) is 2.28. The van der Waals surface area contributed by atoms with Crippen LogP contribution in [0.4, 0.5) is 0 Å². The first-order chi connectivity index (χ1) is 11.8. The van der Waals surface area contributed by atoms with Crippen molar-refractivity contribution in [3.05, 3.63) is 59.2 Å². The summed E-state index contributed by atoms with van der Waals surface area (Å²) >= 11 is 0. The van der Waals surface area contributed by atoms with E-state index in [0.29, 0.717) is 0 Å². The molecule has 6 nitrogen and oxygen atoms in total. The molecule has 0 atom stereocenters. The van der Waals surface area contributed by atoms with Crippen molar-refractivity contribution in [3.63, 3.8) is 0 Å². The van der Waals surface area contributed by atoms with Gasteiger partial charge < -0.3 is 10.6 Å². The molecule has 0 bridgehead atoms. The van der Waals surface area contributed by atoms with Crippen LogP contribution in [0.15, 0.2) is 36.4 Å². The minimum absolute atomic E-state index is 0.288. The summed E-state index contributed by atoms with van der Waals surface area (Å²) in [6, 6.07) is 11.2. The van der Waals surface area contributed by atoms with Gasteiger partial charge in [0, 0.05) is 11.4 Å². The monoisotopic (exact) mass is 340 g/mol. The van der Waals surface area contributed by atoms with E-state index in [4.69, 9.17) is 0 Å². The van der Waals surface area contributed by atoms with Crippen molar-refractivity contribution in [2.24, 2.45) is 5.41 Å². The van der Waals surface area contributed by atoms with E-state index in [1.807, 2.05) is 50.2 Å². The Labute approximate surface area is 148 Å². The topological polar surface area (TPSA) is 84.0 Å². The molecular weight excluding hydrogens is 316 g/mol. The lowest BCUT2D eigenvalue weighted by molar-refractivity contribution is -0.141. The van der Waals surface area contributed by atoms with Gasteiger partial charge in [-0.1, -0.05) is 12.1 Å². The van der Waals surface area contributed by atoms with Crippen molar-refractivity contribution in [2.45, 2.75) is 40.8 Å². The Balaban J connectivity index is 1.91. The summed E-state index contributed by atoms with van der Waals surface area (Å²) in [5.41, 5.74) is 2.10. The van der Waals surface area contributed by atoms with Crippen LogP contribution >= 0.6 is 0 Å². The molecule has 132 valence electrons. The molecule has 0 saturated heterocycles. The summed E-state index contributed by atoms with van der Waals surface area (Å²) in [6.07, 6.45) is 0. The minimum atomic E-state index is -1.19. The van der Waals surface area contributed by atoms with Crippen molar-refractivity contribution in [1.29, 1.82) is 0 Å². The third-order valence-electron chi connectivity index (χ3n) is 3.89. The Morgan fingerprint density at radius 2 is 1.24 bits per heavy atom. The number of nitrogens with one attached hydrogen (secondary N) is 2. The molecule has 0 aliphatic carbocycles. The van der Waals surface area contributed by atoms with Gasteiger partial charge in [0.2, 0.25) is 11.8 Å². The highest BCUT2D eigenvalue weighted by Crippen LogP contribution is 2.16. The molecular formula is C19H24N4O2. The van der Waals surface area contributed by atoms with E-state index in [1.165, 1.54) is 0 Å². The molecule has 2 rings (SSSR count). The molecule has 0 unspecified atom stereocenters. The number of hydrogen-bond acceptors (Lipinski definition) is 4. The van der Waals surface area contributed by atoms with Crippen LogP contribution in [0.5, 0.6) is 0 Å². The highest BCUT2D eigenvalue weighted by Gasteiger charge is 2.35. The predicted molar refractivity (Wildman–Crippen MR) is 95.4 cm³/mol. The lowest BCUT2D eigenvalue weighted by Crippen LogP contribution is -2.47. The second-order valence-corrected chi connectivity index (χ2v) is 6.53. The van der Waals surface area contributed by atoms with Crippen LogP contribution in [0.3, 0.4) is 0 Å². The van der Waals surface area contributed by atoms with E-state index in [0.717, 1.165) is 22.8 Å². The number of carbonyl (C=O) groups is 2. The van der Waals surface area contributed by atoms with Crippen LogP contribution in [-0.2, 0) is 22.7 Å². The zero-order valence-corrected chi connectivity index (χ0v) is 15.1. The van der Waals surface area contributed by atoms with E-state index < -0.39 is 5.41 Å². The van der Waals surface area contributed by atoms with Crippen LogP contribution < -0.4 is 10.6 Å². The smallest absolute Gasteiger partial charge is 0.235 e. The van der Waals surface area contributed by atoms with Crippen molar-refractivity contribution in [3.8, 4) is 0 Å². The second kappa shape index (κ2) is 7.88. The van der Waals surface area contributed by atoms with E-state index in [9.17, 15) is 9.59 Å². The first kappa shape index (κ1) is 18.6. The maximum Gasteiger partial charge on any atom is 0.235 e. The Morgan fingerprint density at radius 1 is 0.840 bits per heavy atom. The molecule has 2 amide bonds. The van der Waals surface area contributed by atoms with Crippen LogP contribution in [0.25, 0.3) is 0 Å². The third kappa shape index (κ3) is 5.11. The van der Waals surface area contributed by atoms with Gasteiger partial charge >= 0.3 is 0 Å². The largest absolute Gasteiger partial charge is 0.350 e. The first-order valence-electron chi connectivity index (χ1n) is 8.20. The van der Waals surface area contributed by atoms with Crippen molar-refractivity contribution < 1.29 is 9.59 Å². The summed E-state index contributed by atoms with van der Waals surface area (Å²) in [7, 11) is 0. The summed E-state index contributed by atoms with van der Waals surface area (Å²) in [5, 5.41) is 5.55. The molecule has 0 radical (unpaired) electrons. The van der Waals surface area contributed by atoms with Crippen molar-refractivity contribution >= 4 is 11.8 Å². The summed E-state index contributed by atoms with van der Waals surface area (Å²) in [5.74, 6) is -0.684. The number of rotatable bonds is 6. The highest BCUT2D eigenvalue weighted by atomic mass is 16.2. The molecule has 0 spiro atoms. The molecule has 2 N–H and O–H groups in total.